The largest absolute Gasteiger partial charge is 0.465 e. The number of methoxy groups -OCH3 is 1. The summed E-state index contributed by atoms with van der Waals surface area (Å²) in [5.74, 6) is -0.245. The summed E-state index contributed by atoms with van der Waals surface area (Å²) >= 11 is 0. The second kappa shape index (κ2) is 8.65. The predicted molar refractivity (Wildman–Crippen MR) is 101 cm³/mol. The second-order valence-electron chi connectivity index (χ2n) is 7.41. The summed E-state index contributed by atoms with van der Waals surface area (Å²) in [6, 6.07) is 7.27. The number of benzene rings is 1. The van der Waals surface area contributed by atoms with E-state index in [-0.39, 0.29) is 17.2 Å². The fraction of sp³-hybridized carbons (Fsp3) is 0.429. The van der Waals surface area contributed by atoms with Crippen molar-refractivity contribution >= 4 is 11.8 Å². The van der Waals surface area contributed by atoms with E-state index in [9.17, 15) is 9.59 Å². The molecule has 0 saturated heterocycles. The minimum absolute atomic E-state index is 0.0616. The van der Waals surface area contributed by atoms with Crippen molar-refractivity contribution in [3.63, 3.8) is 0 Å². The molecular weight excluding hydrogens is 314 g/mol. The van der Waals surface area contributed by atoms with Crippen LogP contribution in [0, 0.1) is 5.41 Å². The molecule has 0 aliphatic carbocycles. The molecule has 0 bridgehead atoms. The van der Waals surface area contributed by atoms with Crippen LogP contribution in [0.1, 0.15) is 50.0 Å². The summed E-state index contributed by atoms with van der Waals surface area (Å²) in [6.07, 6.45) is 2.12. The van der Waals surface area contributed by atoms with Crippen LogP contribution in [0.25, 0.3) is 0 Å². The molecule has 0 fully saturated rings. The van der Waals surface area contributed by atoms with Gasteiger partial charge >= 0.3 is 5.97 Å². The lowest BCUT2D eigenvalue weighted by atomic mass is 9.87. The molecule has 0 spiro atoms. The van der Waals surface area contributed by atoms with E-state index in [1.165, 1.54) is 7.11 Å². The summed E-state index contributed by atoms with van der Waals surface area (Å²) in [4.78, 5) is 26.0. The third-order valence-corrected chi connectivity index (χ3v) is 3.95. The van der Waals surface area contributed by atoms with Gasteiger partial charge in [-0.15, -0.1) is 0 Å². The second-order valence-corrected chi connectivity index (χ2v) is 7.41. The van der Waals surface area contributed by atoms with E-state index in [0.29, 0.717) is 24.1 Å². The lowest BCUT2D eigenvalue weighted by molar-refractivity contribution is -0.117. The summed E-state index contributed by atoms with van der Waals surface area (Å²) in [5, 5.41) is 0. The lowest BCUT2D eigenvalue weighted by Crippen LogP contribution is -2.21. The molecule has 1 aromatic carbocycles. The Morgan fingerprint density at radius 1 is 1.20 bits per heavy atom. The van der Waals surface area contributed by atoms with Gasteiger partial charge in [-0.3, -0.25) is 4.79 Å². The van der Waals surface area contributed by atoms with Gasteiger partial charge in [-0.2, -0.15) is 0 Å². The zero-order chi connectivity index (χ0) is 19.2. The van der Waals surface area contributed by atoms with E-state index >= 15 is 0 Å². The van der Waals surface area contributed by atoms with Crippen molar-refractivity contribution in [1.82, 2.24) is 4.90 Å². The molecule has 0 aliphatic heterocycles. The molecular formula is C21H29NO3. The molecule has 0 radical (unpaired) electrons. The van der Waals surface area contributed by atoms with Gasteiger partial charge in [0.1, 0.15) is 0 Å². The highest BCUT2D eigenvalue weighted by Gasteiger charge is 2.20. The van der Waals surface area contributed by atoms with Crippen molar-refractivity contribution in [1.29, 1.82) is 0 Å². The zero-order valence-corrected chi connectivity index (χ0v) is 16.2. The summed E-state index contributed by atoms with van der Waals surface area (Å²) in [5.41, 5.74) is 3.05. The normalized spacial score (nSPS) is 12.2. The molecule has 0 atom stereocenters. The van der Waals surface area contributed by atoms with E-state index in [1.54, 1.807) is 18.2 Å². The van der Waals surface area contributed by atoms with Gasteiger partial charge in [-0.05, 0) is 30.0 Å². The average molecular weight is 343 g/mol. The van der Waals surface area contributed by atoms with Crippen LogP contribution in [-0.4, -0.2) is 30.8 Å². The molecule has 4 nitrogen and oxygen atoms in total. The van der Waals surface area contributed by atoms with Gasteiger partial charge in [-0.25, -0.2) is 4.79 Å². The van der Waals surface area contributed by atoms with E-state index in [1.807, 2.05) is 51.8 Å². The molecule has 0 aliphatic rings. The van der Waals surface area contributed by atoms with Gasteiger partial charge in [0, 0.05) is 31.3 Å². The summed E-state index contributed by atoms with van der Waals surface area (Å²) < 4.78 is 4.70. The molecule has 1 aromatic rings. The van der Waals surface area contributed by atoms with Gasteiger partial charge in [-0.1, -0.05) is 45.6 Å². The number of hydrogen-bond acceptors (Lipinski definition) is 4. The third-order valence-electron chi connectivity index (χ3n) is 3.95. The van der Waals surface area contributed by atoms with E-state index < -0.39 is 0 Å². The van der Waals surface area contributed by atoms with Crippen LogP contribution in [0.5, 0.6) is 0 Å². The molecule has 1 rings (SSSR count). The SMILES string of the molecule is C=C/C(C(=O)CC(C)(C)C)=C(/C)N(C)Cc1ccc(C(=O)OC)cc1. The minimum atomic E-state index is -0.349. The van der Waals surface area contributed by atoms with Gasteiger partial charge in [0.05, 0.1) is 12.7 Å². The number of carbonyl (C=O) groups is 2. The van der Waals surface area contributed by atoms with Gasteiger partial charge < -0.3 is 9.64 Å². The first-order chi connectivity index (χ1) is 11.6. The Balaban J connectivity index is 2.92. The standard InChI is InChI=1S/C21H29NO3/c1-8-18(19(23)13-21(3,4)5)15(2)22(6)14-16-9-11-17(12-10-16)20(24)25-7/h8-12H,1,13-14H2,2-7H3/b18-15+. The summed E-state index contributed by atoms with van der Waals surface area (Å²) in [6.45, 7) is 12.5. The van der Waals surface area contributed by atoms with Gasteiger partial charge in [0.2, 0.25) is 0 Å². The van der Waals surface area contributed by atoms with E-state index in [2.05, 4.69) is 6.58 Å². The number of esters is 1. The number of hydrogen-bond donors (Lipinski definition) is 0. The molecule has 0 amide bonds. The molecule has 0 aromatic heterocycles. The first-order valence-electron chi connectivity index (χ1n) is 8.34. The molecule has 0 N–H and O–H groups in total. The fourth-order valence-electron chi connectivity index (χ4n) is 2.50. The van der Waals surface area contributed by atoms with Gasteiger partial charge in [0.15, 0.2) is 5.78 Å². The molecule has 25 heavy (non-hydrogen) atoms. The maximum atomic E-state index is 12.5. The molecule has 136 valence electrons. The number of rotatable bonds is 7. The van der Waals surface area contributed by atoms with Gasteiger partial charge in [0.25, 0.3) is 0 Å². The number of allylic oxidation sites excluding steroid dienone is 3. The van der Waals surface area contributed by atoms with Crippen molar-refractivity contribution in [3.8, 4) is 0 Å². The quantitative estimate of drug-likeness (QED) is 0.419. The van der Waals surface area contributed by atoms with Crippen LogP contribution in [0.4, 0.5) is 0 Å². The highest BCUT2D eigenvalue weighted by molar-refractivity contribution is 5.98. The molecule has 0 heterocycles. The first-order valence-corrected chi connectivity index (χ1v) is 8.34. The Morgan fingerprint density at radius 3 is 2.20 bits per heavy atom. The number of Topliss-reactive ketones (excluding diaryl/α,β-unsaturated/α-hetero) is 1. The maximum Gasteiger partial charge on any atom is 0.337 e. The van der Waals surface area contributed by atoms with Crippen molar-refractivity contribution in [2.75, 3.05) is 14.2 Å². The Morgan fingerprint density at radius 2 is 1.76 bits per heavy atom. The lowest BCUT2D eigenvalue weighted by Gasteiger charge is -2.24. The monoisotopic (exact) mass is 343 g/mol. The fourth-order valence-corrected chi connectivity index (χ4v) is 2.50. The predicted octanol–water partition coefficient (Wildman–Crippen LogP) is 4.37. The van der Waals surface area contributed by atoms with Crippen molar-refractivity contribution in [2.24, 2.45) is 5.41 Å². The van der Waals surface area contributed by atoms with E-state index in [0.717, 1.165) is 11.3 Å². The van der Waals surface area contributed by atoms with E-state index in [4.69, 9.17) is 4.74 Å². The molecule has 0 saturated carbocycles. The zero-order valence-electron chi connectivity index (χ0n) is 16.2. The highest BCUT2D eigenvalue weighted by atomic mass is 16.5. The number of ether oxygens (including phenoxy) is 1. The Labute approximate surface area is 151 Å². The highest BCUT2D eigenvalue weighted by Crippen LogP contribution is 2.24. The van der Waals surface area contributed by atoms with Crippen LogP contribution in [-0.2, 0) is 16.1 Å². The Kier molecular flexibility index (Phi) is 7.16. The first kappa shape index (κ1) is 20.7. The Bertz CT molecular complexity index is 663. The maximum absolute atomic E-state index is 12.5. The molecule has 0 unspecified atom stereocenters. The third kappa shape index (κ3) is 6.22. The molecule has 4 heteroatoms. The Hall–Kier alpha value is -2.36. The van der Waals surface area contributed by atoms with Crippen molar-refractivity contribution in [3.05, 3.63) is 59.3 Å². The minimum Gasteiger partial charge on any atom is -0.465 e. The van der Waals surface area contributed by atoms with Crippen LogP contribution < -0.4 is 0 Å². The van der Waals surface area contributed by atoms with Crippen molar-refractivity contribution < 1.29 is 14.3 Å². The number of carbonyl (C=O) groups excluding carboxylic acids is 2. The van der Waals surface area contributed by atoms with Crippen LogP contribution in [0.3, 0.4) is 0 Å². The topological polar surface area (TPSA) is 46.6 Å². The summed E-state index contributed by atoms with van der Waals surface area (Å²) in [7, 11) is 3.31. The van der Waals surface area contributed by atoms with Crippen LogP contribution in [0.15, 0.2) is 48.2 Å². The smallest absolute Gasteiger partial charge is 0.337 e. The van der Waals surface area contributed by atoms with Crippen LogP contribution >= 0.6 is 0 Å². The van der Waals surface area contributed by atoms with Crippen molar-refractivity contribution in [2.45, 2.75) is 40.7 Å². The van der Waals surface area contributed by atoms with Crippen LogP contribution in [0.2, 0.25) is 0 Å². The average Bonchev–Trinajstić information content (AvgIpc) is 2.53. The number of ketones is 1. The number of nitrogens with zero attached hydrogens (tertiary/aromatic N) is 1.